The van der Waals surface area contributed by atoms with Gasteiger partial charge in [-0.25, -0.2) is 0 Å². The van der Waals surface area contributed by atoms with Crippen LogP contribution < -0.4 is 10.6 Å². The predicted octanol–water partition coefficient (Wildman–Crippen LogP) is 4.53. The Hall–Kier alpha value is -2.43. The summed E-state index contributed by atoms with van der Waals surface area (Å²) in [5, 5.41) is 13.8. The van der Waals surface area contributed by atoms with Gasteiger partial charge in [-0.3, -0.25) is 9.59 Å². The van der Waals surface area contributed by atoms with E-state index in [2.05, 4.69) is 20.8 Å². The van der Waals surface area contributed by atoms with Gasteiger partial charge in [0.25, 0.3) is 5.91 Å². The number of amides is 2. The zero-order chi connectivity index (χ0) is 24.0. The minimum absolute atomic E-state index is 0.0165. The lowest BCUT2D eigenvalue weighted by molar-refractivity contribution is -0.148. The van der Waals surface area contributed by atoms with Crippen LogP contribution in [0, 0.1) is 11.8 Å². The van der Waals surface area contributed by atoms with Crippen LogP contribution in [0.15, 0.2) is 0 Å². The molecule has 2 aromatic heterocycles. The van der Waals surface area contributed by atoms with Crippen LogP contribution in [0.25, 0.3) is 0 Å². The van der Waals surface area contributed by atoms with Gasteiger partial charge < -0.3 is 15.2 Å². The molecule has 2 fully saturated rings. The van der Waals surface area contributed by atoms with E-state index in [1.165, 1.54) is 15.9 Å². The van der Waals surface area contributed by atoms with Gasteiger partial charge in [-0.05, 0) is 62.8 Å². The van der Waals surface area contributed by atoms with Crippen molar-refractivity contribution in [2.45, 2.75) is 76.9 Å². The van der Waals surface area contributed by atoms with E-state index < -0.39 is 18.0 Å². The number of thiophene rings is 1. The third kappa shape index (κ3) is 4.71. The number of nitrogens with zero attached hydrogens (tertiary/aromatic N) is 3. The highest BCUT2D eigenvalue weighted by Crippen LogP contribution is 2.43. The first-order chi connectivity index (χ1) is 16.3. The molecule has 0 spiro atoms. The first-order valence-electron chi connectivity index (χ1n) is 12.0. The Bertz CT molecular complexity index is 1100. The molecular formula is C23H28F3N5O2S. The Labute approximate surface area is 199 Å². The summed E-state index contributed by atoms with van der Waals surface area (Å²) in [6, 6.07) is -0.503. The van der Waals surface area contributed by atoms with Crippen molar-refractivity contribution in [3.05, 3.63) is 27.7 Å². The number of carbonyl (C=O) groups excluding carboxylic acids is 2. The normalized spacial score (nSPS) is 20.2. The molecule has 1 atom stereocenters. The van der Waals surface area contributed by atoms with Crippen molar-refractivity contribution in [2.24, 2.45) is 11.8 Å². The monoisotopic (exact) mass is 495 g/mol. The van der Waals surface area contributed by atoms with Crippen LogP contribution in [0.4, 0.5) is 18.2 Å². The molecule has 11 heteroatoms. The number of anilines is 1. The number of aryl methyl sites for hydroxylation is 2. The highest BCUT2D eigenvalue weighted by Gasteiger charge is 2.42. The van der Waals surface area contributed by atoms with E-state index in [0.717, 1.165) is 36.1 Å². The molecule has 5 rings (SSSR count). The Morgan fingerprint density at radius 2 is 1.91 bits per heavy atom. The Morgan fingerprint density at radius 3 is 2.56 bits per heavy atom. The van der Waals surface area contributed by atoms with Gasteiger partial charge in [0.15, 0.2) is 0 Å². The quantitative estimate of drug-likeness (QED) is 0.563. The second kappa shape index (κ2) is 8.98. The van der Waals surface area contributed by atoms with Gasteiger partial charge in [-0.1, -0.05) is 6.92 Å². The number of halogens is 3. The maximum Gasteiger partial charge on any atom is 0.451 e. The molecule has 0 aromatic carbocycles. The van der Waals surface area contributed by atoms with Gasteiger partial charge in [-0.2, -0.15) is 13.2 Å². The molecule has 3 aliphatic carbocycles. The number of nitrogens with one attached hydrogen (secondary N) is 2. The summed E-state index contributed by atoms with van der Waals surface area (Å²) < 4.78 is 42.5. The van der Waals surface area contributed by atoms with Gasteiger partial charge in [0.1, 0.15) is 10.8 Å². The standard InChI is InChI=1S/C23H28F3N5O2S/c1-2-3-17-29-30-22(23(24,25)26)31(17)14-8-9-16-15(10-14)18(20(33)27-11-12-4-5-12)21(34-16)28-19(32)13-6-7-13/h12-14H,2-11H2,1H3,(H,27,33)(H,28,32). The molecule has 1 unspecified atom stereocenters. The SMILES string of the molecule is CCCc1nnc(C(F)(F)F)n1C1CCc2sc(NC(=O)C3CC3)c(C(=O)NCC3CC3)c2C1. The first-order valence-corrected chi connectivity index (χ1v) is 12.8. The van der Waals surface area contributed by atoms with E-state index in [1.807, 2.05) is 6.92 Å². The summed E-state index contributed by atoms with van der Waals surface area (Å²) in [4.78, 5) is 26.7. The Morgan fingerprint density at radius 1 is 1.15 bits per heavy atom. The fourth-order valence-electron chi connectivity index (χ4n) is 4.62. The average molecular weight is 496 g/mol. The fraction of sp³-hybridized carbons (Fsp3) is 0.652. The number of alkyl halides is 3. The number of rotatable bonds is 8. The van der Waals surface area contributed by atoms with Crippen molar-refractivity contribution in [3.63, 3.8) is 0 Å². The van der Waals surface area contributed by atoms with E-state index in [-0.39, 0.29) is 24.2 Å². The van der Waals surface area contributed by atoms with E-state index in [1.54, 1.807) is 0 Å². The summed E-state index contributed by atoms with van der Waals surface area (Å²) in [6.45, 7) is 2.47. The molecule has 184 valence electrons. The van der Waals surface area contributed by atoms with Crippen LogP contribution in [-0.2, 0) is 30.2 Å². The van der Waals surface area contributed by atoms with Crippen molar-refractivity contribution in [1.82, 2.24) is 20.1 Å². The molecule has 0 radical (unpaired) electrons. The predicted molar refractivity (Wildman–Crippen MR) is 121 cm³/mol. The lowest BCUT2D eigenvalue weighted by atomic mass is 9.90. The summed E-state index contributed by atoms with van der Waals surface area (Å²) >= 11 is 1.38. The third-order valence-corrected chi connectivity index (χ3v) is 7.96. The van der Waals surface area contributed by atoms with Crippen molar-refractivity contribution >= 4 is 28.2 Å². The number of hydrogen-bond donors (Lipinski definition) is 2. The highest BCUT2D eigenvalue weighted by atomic mass is 32.1. The zero-order valence-electron chi connectivity index (χ0n) is 19.0. The van der Waals surface area contributed by atoms with E-state index in [4.69, 9.17) is 0 Å². The first kappa shape index (κ1) is 23.3. The second-order valence-corrected chi connectivity index (χ2v) is 10.7. The van der Waals surface area contributed by atoms with E-state index in [0.29, 0.717) is 54.5 Å². The maximum atomic E-state index is 13.7. The van der Waals surface area contributed by atoms with E-state index in [9.17, 15) is 22.8 Å². The van der Waals surface area contributed by atoms with Crippen LogP contribution in [0.1, 0.15) is 83.9 Å². The van der Waals surface area contributed by atoms with Crippen LogP contribution in [0.2, 0.25) is 0 Å². The molecular weight excluding hydrogens is 467 g/mol. The lowest BCUT2D eigenvalue weighted by Gasteiger charge is -2.27. The number of fused-ring (bicyclic) bond motifs is 1. The second-order valence-electron chi connectivity index (χ2n) is 9.58. The number of aromatic nitrogens is 3. The highest BCUT2D eigenvalue weighted by molar-refractivity contribution is 7.17. The molecule has 0 bridgehead atoms. The zero-order valence-corrected chi connectivity index (χ0v) is 19.8. The summed E-state index contributed by atoms with van der Waals surface area (Å²) in [5.74, 6) is -0.544. The molecule has 0 aliphatic heterocycles. The van der Waals surface area contributed by atoms with Crippen LogP contribution in [-0.4, -0.2) is 33.1 Å². The minimum atomic E-state index is -4.61. The Kier molecular flexibility index (Phi) is 6.16. The summed E-state index contributed by atoms with van der Waals surface area (Å²) in [5.41, 5.74) is 1.16. The topological polar surface area (TPSA) is 88.9 Å². The summed E-state index contributed by atoms with van der Waals surface area (Å²) in [7, 11) is 0. The third-order valence-electron chi connectivity index (χ3n) is 6.75. The van der Waals surface area contributed by atoms with Crippen LogP contribution in [0.3, 0.4) is 0 Å². The maximum absolute atomic E-state index is 13.7. The summed E-state index contributed by atoms with van der Waals surface area (Å²) in [6.07, 6.45) is 1.60. The van der Waals surface area contributed by atoms with Crippen molar-refractivity contribution < 1.29 is 22.8 Å². The van der Waals surface area contributed by atoms with Gasteiger partial charge >= 0.3 is 6.18 Å². The van der Waals surface area contributed by atoms with E-state index >= 15 is 0 Å². The van der Waals surface area contributed by atoms with Crippen LogP contribution >= 0.6 is 11.3 Å². The molecule has 34 heavy (non-hydrogen) atoms. The van der Waals surface area contributed by atoms with Crippen molar-refractivity contribution in [3.8, 4) is 0 Å². The molecule has 2 heterocycles. The number of hydrogen-bond acceptors (Lipinski definition) is 5. The number of carbonyl (C=O) groups is 2. The van der Waals surface area contributed by atoms with Gasteiger partial charge in [0, 0.05) is 29.8 Å². The average Bonchev–Trinajstić information content (AvgIpc) is 3.71. The van der Waals surface area contributed by atoms with Crippen molar-refractivity contribution in [2.75, 3.05) is 11.9 Å². The van der Waals surface area contributed by atoms with Gasteiger partial charge in [0.05, 0.1) is 5.56 Å². The fourth-order valence-corrected chi connectivity index (χ4v) is 5.86. The Balaban J connectivity index is 1.48. The lowest BCUT2D eigenvalue weighted by Crippen LogP contribution is -2.29. The van der Waals surface area contributed by atoms with Gasteiger partial charge in [0.2, 0.25) is 11.7 Å². The van der Waals surface area contributed by atoms with Crippen molar-refractivity contribution in [1.29, 1.82) is 0 Å². The molecule has 2 aromatic rings. The molecule has 2 N–H and O–H groups in total. The minimum Gasteiger partial charge on any atom is -0.352 e. The smallest absolute Gasteiger partial charge is 0.352 e. The molecule has 0 saturated heterocycles. The molecule has 7 nitrogen and oxygen atoms in total. The molecule has 2 saturated carbocycles. The molecule has 2 amide bonds. The largest absolute Gasteiger partial charge is 0.451 e. The molecule has 3 aliphatic rings. The van der Waals surface area contributed by atoms with Crippen LogP contribution in [0.5, 0.6) is 0 Å². The van der Waals surface area contributed by atoms with Gasteiger partial charge in [-0.15, -0.1) is 21.5 Å².